The second kappa shape index (κ2) is 9.84. The number of anilines is 1. The van der Waals surface area contributed by atoms with E-state index in [0.717, 1.165) is 25.9 Å². The van der Waals surface area contributed by atoms with E-state index in [1.165, 1.54) is 0 Å². The monoisotopic (exact) mass is 345 g/mol. The van der Waals surface area contributed by atoms with Crippen molar-refractivity contribution in [3.05, 3.63) is 36.4 Å². The van der Waals surface area contributed by atoms with Crippen LogP contribution in [0.3, 0.4) is 0 Å². The Morgan fingerprint density at radius 3 is 2.76 bits per heavy atom. The van der Waals surface area contributed by atoms with Gasteiger partial charge in [-0.2, -0.15) is 0 Å². The summed E-state index contributed by atoms with van der Waals surface area (Å²) in [7, 11) is 1.56. The molecule has 1 N–H and O–H groups in total. The highest BCUT2D eigenvalue weighted by molar-refractivity contribution is 5.95. The summed E-state index contributed by atoms with van der Waals surface area (Å²) in [4.78, 5) is 28.7. The fourth-order valence-electron chi connectivity index (χ4n) is 2.80. The van der Waals surface area contributed by atoms with Gasteiger partial charge in [0, 0.05) is 19.6 Å². The number of carbonyl (C=O) groups is 2. The number of amides is 2. The average Bonchev–Trinajstić information content (AvgIpc) is 2.62. The number of hydrogen-bond acceptors (Lipinski definition) is 4. The van der Waals surface area contributed by atoms with Gasteiger partial charge in [-0.15, -0.1) is 0 Å². The van der Waals surface area contributed by atoms with E-state index >= 15 is 0 Å². The first kappa shape index (κ1) is 19.0. The molecule has 1 aromatic carbocycles. The van der Waals surface area contributed by atoms with Crippen molar-refractivity contribution in [1.29, 1.82) is 0 Å². The Hall–Kier alpha value is -2.34. The number of hydrogen-bond donors (Lipinski definition) is 1. The van der Waals surface area contributed by atoms with Crippen LogP contribution in [0.25, 0.3) is 0 Å². The van der Waals surface area contributed by atoms with Crippen LogP contribution in [0.1, 0.15) is 19.8 Å². The lowest BCUT2D eigenvalue weighted by molar-refractivity contribution is -0.135. The molecule has 0 bridgehead atoms. The van der Waals surface area contributed by atoms with Gasteiger partial charge in [0.15, 0.2) is 0 Å². The van der Waals surface area contributed by atoms with E-state index in [1.54, 1.807) is 24.1 Å². The second-order valence-electron chi connectivity index (χ2n) is 6.06. The molecule has 136 valence electrons. The van der Waals surface area contributed by atoms with Crippen LogP contribution in [0, 0.1) is 0 Å². The van der Waals surface area contributed by atoms with E-state index in [2.05, 4.69) is 22.4 Å². The Balaban J connectivity index is 1.93. The Morgan fingerprint density at radius 2 is 2.08 bits per heavy atom. The minimum atomic E-state index is -0.218. The van der Waals surface area contributed by atoms with Crippen LogP contribution in [-0.4, -0.2) is 61.4 Å². The van der Waals surface area contributed by atoms with Gasteiger partial charge in [0.1, 0.15) is 5.75 Å². The highest BCUT2D eigenvalue weighted by Crippen LogP contribution is 2.22. The summed E-state index contributed by atoms with van der Waals surface area (Å²) in [6.45, 7) is 4.65. The topological polar surface area (TPSA) is 61.9 Å². The molecule has 1 aliphatic heterocycles. The Bertz CT molecular complexity index is 616. The normalized spacial score (nSPS) is 14.2. The molecule has 2 amide bonds. The van der Waals surface area contributed by atoms with Crippen molar-refractivity contribution >= 4 is 17.5 Å². The zero-order chi connectivity index (χ0) is 18.1. The number of rotatable bonds is 8. The number of ether oxygens (including phenoxy) is 1. The van der Waals surface area contributed by atoms with Gasteiger partial charge in [-0.1, -0.05) is 31.2 Å². The summed E-state index contributed by atoms with van der Waals surface area (Å²) in [5.74, 6) is 0.376. The maximum atomic E-state index is 12.6. The maximum Gasteiger partial charge on any atom is 0.244 e. The largest absolute Gasteiger partial charge is 0.495 e. The smallest absolute Gasteiger partial charge is 0.244 e. The van der Waals surface area contributed by atoms with Crippen LogP contribution in [0.5, 0.6) is 5.75 Å². The number of para-hydroxylation sites is 2. The molecule has 0 aromatic heterocycles. The number of nitrogens with zero attached hydrogens (tertiary/aromatic N) is 2. The van der Waals surface area contributed by atoms with Crippen molar-refractivity contribution in [2.45, 2.75) is 19.8 Å². The zero-order valence-corrected chi connectivity index (χ0v) is 15.0. The Kier molecular flexibility index (Phi) is 7.47. The molecule has 0 saturated carbocycles. The summed E-state index contributed by atoms with van der Waals surface area (Å²) in [5, 5.41) is 2.83. The summed E-state index contributed by atoms with van der Waals surface area (Å²) in [6.07, 6.45) is 5.99. The molecular weight excluding hydrogens is 318 g/mol. The van der Waals surface area contributed by atoms with Gasteiger partial charge in [0.05, 0.1) is 25.9 Å². The quantitative estimate of drug-likeness (QED) is 0.733. The van der Waals surface area contributed by atoms with E-state index in [1.807, 2.05) is 19.1 Å². The van der Waals surface area contributed by atoms with Crippen LogP contribution in [0.15, 0.2) is 36.4 Å². The first-order valence-corrected chi connectivity index (χ1v) is 8.72. The minimum absolute atomic E-state index is 0.00710. The van der Waals surface area contributed by atoms with Gasteiger partial charge >= 0.3 is 0 Å². The highest BCUT2D eigenvalue weighted by Gasteiger charge is 2.20. The molecule has 0 atom stereocenters. The summed E-state index contributed by atoms with van der Waals surface area (Å²) >= 11 is 0. The molecule has 6 nitrogen and oxygen atoms in total. The molecular formula is C19H27N3O3. The fraction of sp³-hybridized carbons (Fsp3) is 0.474. The Morgan fingerprint density at radius 1 is 1.28 bits per heavy atom. The molecule has 25 heavy (non-hydrogen) atoms. The number of carbonyl (C=O) groups excluding carboxylic acids is 2. The molecule has 1 aliphatic rings. The second-order valence-corrected chi connectivity index (χ2v) is 6.06. The third-order valence-corrected chi connectivity index (χ3v) is 4.06. The summed E-state index contributed by atoms with van der Waals surface area (Å²) < 4.78 is 5.24. The van der Waals surface area contributed by atoms with Crippen molar-refractivity contribution in [1.82, 2.24) is 9.80 Å². The van der Waals surface area contributed by atoms with Gasteiger partial charge in [0.2, 0.25) is 11.8 Å². The lowest BCUT2D eigenvalue weighted by Crippen LogP contribution is -2.44. The van der Waals surface area contributed by atoms with Crippen molar-refractivity contribution in [3.63, 3.8) is 0 Å². The first-order valence-electron chi connectivity index (χ1n) is 8.72. The van der Waals surface area contributed by atoms with Crippen LogP contribution < -0.4 is 10.1 Å². The number of methoxy groups -OCH3 is 1. The van der Waals surface area contributed by atoms with Crippen molar-refractivity contribution in [2.24, 2.45) is 0 Å². The van der Waals surface area contributed by atoms with Crippen molar-refractivity contribution in [3.8, 4) is 5.75 Å². The third kappa shape index (κ3) is 5.90. The fourth-order valence-corrected chi connectivity index (χ4v) is 2.80. The number of nitrogens with one attached hydrogen (secondary N) is 1. The maximum absolute atomic E-state index is 12.6. The van der Waals surface area contributed by atoms with Gasteiger partial charge in [-0.05, 0) is 25.0 Å². The van der Waals surface area contributed by atoms with Crippen molar-refractivity contribution in [2.75, 3.05) is 45.2 Å². The minimum Gasteiger partial charge on any atom is -0.495 e. The van der Waals surface area contributed by atoms with Gasteiger partial charge in [-0.3, -0.25) is 14.5 Å². The molecule has 0 aliphatic carbocycles. The molecule has 1 heterocycles. The van der Waals surface area contributed by atoms with Crippen LogP contribution in [0.2, 0.25) is 0 Å². The molecule has 2 rings (SSSR count). The highest BCUT2D eigenvalue weighted by atomic mass is 16.5. The number of benzene rings is 1. The average molecular weight is 345 g/mol. The summed E-state index contributed by atoms with van der Waals surface area (Å²) in [6, 6.07) is 7.24. The molecule has 0 unspecified atom stereocenters. The lowest BCUT2D eigenvalue weighted by atomic mass is 10.2. The van der Waals surface area contributed by atoms with Gasteiger partial charge < -0.3 is 15.0 Å². The Labute approximate surface area is 149 Å². The summed E-state index contributed by atoms with van der Waals surface area (Å²) in [5.41, 5.74) is 0.611. The molecule has 0 spiro atoms. The third-order valence-electron chi connectivity index (χ3n) is 4.06. The molecule has 6 heteroatoms. The SMILES string of the molecule is CCCN(CC(=O)Nc1ccccc1OC)C(=O)CN1CC=CCC1. The first-order chi connectivity index (χ1) is 12.1. The van der Waals surface area contributed by atoms with E-state index < -0.39 is 0 Å². The van der Waals surface area contributed by atoms with Crippen molar-refractivity contribution < 1.29 is 14.3 Å². The van der Waals surface area contributed by atoms with Crippen LogP contribution in [0.4, 0.5) is 5.69 Å². The van der Waals surface area contributed by atoms with Crippen LogP contribution in [-0.2, 0) is 9.59 Å². The molecule has 1 aromatic rings. The standard InChI is InChI=1S/C19H27N3O3/c1-3-11-22(19(24)15-21-12-7-4-8-13-21)14-18(23)20-16-9-5-6-10-17(16)25-2/h4-7,9-10H,3,8,11-15H2,1-2H3,(H,20,23). The van der Waals surface area contributed by atoms with E-state index in [9.17, 15) is 9.59 Å². The van der Waals surface area contributed by atoms with E-state index in [4.69, 9.17) is 4.74 Å². The predicted molar refractivity (Wildman–Crippen MR) is 98.7 cm³/mol. The van der Waals surface area contributed by atoms with E-state index in [-0.39, 0.29) is 18.4 Å². The van der Waals surface area contributed by atoms with Gasteiger partial charge in [0.25, 0.3) is 0 Å². The van der Waals surface area contributed by atoms with E-state index in [0.29, 0.717) is 24.5 Å². The molecule has 0 radical (unpaired) electrons. The molecule has 0 saturated heterocycles. The lowest BCUT2D eigenvalue weighted by Gasteiger charge is -2.27. The predicted octanol–water partition coefficient (Wildman–Crippen LogP) is 2.13. The zero-order valence-electron chi connectivity index (χ0n) is 15.0. The van der Waals surface area contributed by atoms with Gasteiger partial charge in [-0.25, -0.2) is 0 Å². The van der Waals surface area contributed by atoms with Crippen LogP contribution >= 0.6 is 0 Å². The molecule has 0 fully saturated rings.